The molecular formula is C17H16O4. The normalized spacial score (nSPS) is 10.1. The van der Waals surface area contributed by atoms with Crippen LogP contribution < -0.4 is 4.74 Å². The van der Waals surface area contributed by atoms with E-state index in [4.69, 9.17) is 9.84 Å². The van der Waals surface area contributed by atoms with Gasteiger partial charge in [0.15, 0.2) is 6.29 Å². The van der Waals surface area contributed by atoms with Crippen molar-refractivity contribution in [1.82, 2.24) is 0 Å². The predicted molar refractivity (Wildman–Crippen MR) is 79.2 cm³/mol. The molecule has 0 atom stereocenters. The van der Waals surface area contributed by atoms with Gasteiger partial charge < -0.3 is 9.84 Å². The summed E-state index contributed by atoms with van der Waals surface area (Å²) in [5, 5.41) is 8.89. The first-order valence-electron chi connectivity index (χ1n) is 6.61. The summed E-state index contributed by atoms with van der Waals surface area (Å²) >= 11 is 0. The Hall–Kier alpha value is -2.62. The van der Waals surface area contributed by atoms with Gasteiger partial charge in [0.2, 0.25) is 0 Å². The number of rotatable bonds is 6. The molecule has 0 unspecified atom stereocenters. The van der Waals surface area contributed by atoms with Crippen LogP contribution in [-0.2, 0) is 6.42 Å². The summed E-state index contributed by atoms with van der Waals surface area (Å²) in [6.45, 7) is 2.45. The van der Waals surface area contributed by atoms with E-state index in [0.717, 1.165) is 12.0 Å². The van der Waals surface area contributed by atoms with Crippen LogP contribution >= 0.6 is 0 Å². The van der Waals surface area contributed by atoms with Gasteiger partial charge in [0.05, 0.1) is 17.7 Å². The third-order valence-electron chi connectivity index (χ3n) is 3.11. The molecular weight excluding hydrogens is 268 g/mol. The lowest BCUT2D eigenvalue weighted by atomic mass is 10.1. The molecule has 21 heavy (non-hydrogen) atoms. The maximum absolute atomic E-state index is 11.0. The molecule has 0 radical (unpaired) electrons. The second-order valence-electron chi connectivity index (χ2n) is 4.76. The van der Waals surface area contributed by atoms with Gasteiger partial charge in [-0.05, 0) is 30.7 Å². The molecule has 0 fully saturated rings. The molecule has 0 aliphatic carbocycles. The highest BCUT2D eigenvalue weighted by molar-refractivity contribution is 5.91. The molecule has 1 N–H and O–H groups in total. The molecule has 0 spiro atoms. The number of benzene rings is 2. The Morgan fingerprint density at radius 3 is 2.71 bits per heavy atom. The van der Waals surface area contributed by atoms with E-state index in [1.807, 2.05) is 25.1 Å². The molecule has 0 amide bonds. The standard InChI is InChI=1S/C17H16O4/c1-12-3-2-4-13(9-12)7-8-21-16-6-5-14(17(19)20)10-15(16)11-18/h2-6,9-11H,7-8H2,1H3,(H,19,20). The Morgan fingerprint density at radius 1 is 1.24 bits per heavy atom. The van der Waals surface area contributed by atoms with Gasteiger partial charge >= 0.3 is 5.97 Å². The fourth-order valence-corrected chi connectivity index (χ4v) is 2.05. The van der Waals surface area contributed by atoms with Crippen molar-refractivity contribution < 1.29 is 19.4 Å². The smallest absolute Gasteiger partial charge is 0.335 e. The van der Waals surface area contributed by atoms with Crippen molar-refractivity contribution in [2.24, 2.45) is 0 Å². The number of carboxylic acids is 1. The summed E-state index contributed by atoms with van der Waals surface area (Å²) in [6.07, 6.45) is 1.33. The van der Waals surface area contributed by atoms with Crippen LogP contribution in [0.25, 0.3) is 0 Å². The lowest BCUT2D eigenvalue weighted by Gasteiger charge is -2.09. The van der Waals surface area contributed by atoms with Gasteiger partial charge in [0.25, 0.3) is 0 Å². The maximum Gasteiger partial charge on any atom is 0.335 e. The summed E-state index contributed by atoms with van der Waals surface area (Å²) in [5.41, 5.74) is 2.67. The molecule has 2 aromatic carbocycles. The van der Waals surface area contributed by atoms with E-state index >= 15 is 0 Å². The molecule has 0 aromatic heterocycles. The molecule has 2 aromatic rings. The summed E-state index contributed by atoms with van der Waals surface area (Å²) in [6, 6.07) is 12.4. The average Bonchev–Trinajstić information content (AvgIpc) is 2.47. The monoisotopic (exact) mass is 284 g/mol. The molecule has 108 valence electrons. The molecule has 2 rings (SSSR count). The third-order valence-corrected chi connectivity index (χ3v) is 3.11. The van der Waals surface area contributed by atoms with Crippen LogP contribution in [0.1, 0.15) is 31.8 Å². The molecule has 4 heteroatoms. The third kappa shape index (κ3) is 3.92. The molecule has 0 bridgehead atoms. The van der Waals surface area contributed by atoms with Crippen molar-refractivity contribution in [1.29, 1.82) is 0 Å². The first kappa shape index (κ1) is 14.8. The zero-order chi connectivity index (χ0) is 15.2. The van der Waals surface area contributed by atoms with Crippen molar-refractivity contribution in [3.63, 3.8) is 0 Å². The van der Waals surface area contributed by atoms with Crippen molar-refractivity contribution in [3.8, 4) is 5.75 Å². The fraction of sp³-hybridized carbons (Fsp3) is 0.176. The lowest BCUT2D eigenvalue weighted by Crippen LogP contribution is -2.05. The Kier molecular flexibility index (Phi) is 4.72. The summed E-state index contributed by atoms with van der Waals surface area (Å²) in [4.78, 5) is 21.9. The van der Waals surface area contributed by atoms with Gasteiger partial charge in [0.1, 0.15) is 5.75 Å². The quantitative estimate of drug-likeness (QED) is 0.828. The summed E-state index contributed by atoms with van der Waals surface area (Å²) < 4.78 is 5.58. The zero-order valence-corrected chi connectivity index (χ0v) is 11.7. The van der Waals surface area contributed by atoms with Crippen LogP contribution in [0.5, 0.6) is 5.75 Å². The van der Waals surface area contributed by atoms with E-state index in [1.165, 1.54) is 23.8 Å². The second kappa shape index (κ2) is 6.70. The number of aromatic carboxylic acids is 1. The van der Waals surface area contributed by atoms with E-state index < -0.39 is 5.97 Å². The van der Waals surface area contributed by atoms with Crippen LogP contribution in [-0.4, -0.2) is 24.0 Å². The highest BCUT2D eigenvalue weighted by atomic mass is 16.5. The first-order chi connectivity index (χ1) is 10.1. The van der Waals surface area contributed by atoms with Crippen molar-refractivity contribution >= 4 is 12.3 Å². The topological polar surface area (TPSA) is 63.6 Å². The minimum atomic E-state index is -1.07. The number of aryl methyl sites for hydroxylation is 1. The number of hydrogen-bond donors (Lipinski definition) is 1. The van der Waals surface area contributed by atoms with Crippen LogP contribution in [0, 0.1) is 6.92 Å². The predicted octanol–water partition coefficient (Wildman–Crippen LogP) is 3.13. The lowest BCUT2D eigenvalue weighted by molar-refractivity contribution is 0.0697. The molecule has 0 heterocycles. The van der Waals surface area contributed by atoms with Crippen LogP contribution in [0.4, 0.5) is 0 Å². The number of ether oxygens (including phenoxy) is 1. The molecule has 0 saturated heterocycles. The number of hydrogen-bond acceptors (Lipinski definition) is 3. The molecule has 0 saturated carbocycles. The van der Waals surface area contributed by atoms with Gasteiger partial charge in [-0.1, -0.05) is 29.8 Å². The SMILES string of the molecule is Cc1cccc(CCOc2ccc(C(=O)O)cc2C=O)c1. The van der Waals surface area contributed by atoms with E-state index in [0.29, 0.717) is 18.6 Å². The summed E-state index contributed by atoms with van der Waals surface area (Å²) in [5.74, 6) is -0.660. The van der Waals surface area contributed by atoms with Gasteiger partial charge in [0, 0.05) is 6.42 Å². The van der Waals surface area contributed by atoms with Crippen LogP contribution in [0.2, 0.25) is 0 Å². The van der Waals surface area contributed by atoms with Crippen molar-refractivity contribution in [2.45, 2.75) is 13.3 Å². The van der Waals surface area contributed by atoms with Gasteiger partial charge in [-0.15, -0.1) is 0 Å². The van der Waals surface area contributed by atoms with Crippen molar-refractivity contribution in [2.75, 3.05) is 6.61 Å². The average molecular weight is 284 g/mol. The highest BCUT2D eigenvalue weighted by Crippen LogP contribution is 2.19. The minimum absolute atomic E-state index is 0.0723. The van der Waals surface area contributed by atoms with Gasteiger partial charge in [-0.3, -0.25) is 4.79 Å². The van der Waals surface area contributed by atoms with Gasteiger partial charge in [-0.25, -0.2) is 4.79 Å². The highest BCUT2D eigenvalue weighted by Gasteiger charge is 2.09. The number of carbonyl (C=O) groups excluding carboxylic acids is 1. The van der Waals surface area contributed by atoms with Gasteiger partial charge in [-0.2, -0.15) is 0 Å². The zero-order valence-electron chi connectivity index (χ0n) is 11.7. The Morgan fingerprint density at radius 2 is 2.05 bits per heavy atom. The first-order valence-corrected chi connectivity index (χ1v) is 6.61. The fourth-order valence-electron chi connectivity index (χ4n) is 2.05. The maximum atomic E-state index is 11.0. The molecule has 4 nitrogen and oxygen atoms in total. The molecule has 0 aliphatic heterocycles. The number of carbonyl (C=O) groups is 2. The largest absolute Gasteiger partial charge is 0.492 e. The number of carboxylic acid groups (broad SMARTS) is 1. The Bertz CT molecular complexity index is 662. The summed E-state index contributed by atoms with van der Waals surface area (Å²) in [7, 11) is 0. The van der Waals surface area contributed by atoms with Crippen molar-refractivity contribution in [3.05, 3.63) is 64.7 Å². The minimum Gasteiger partial charge on any atom is -0.492 e. The number of aldehydes is 1. The van der Waals surface area contributed by atoms with E-state index in [9.17, 15) is 9.59 Å². The van der Waals surface area contributed by atoms with E-state index in [-0.39, 0.29) is 11.1 Å². The Balaban J connectivity index is 2.03. The van der Waals surface area contributed by atoms with E-state index in [1.54, 1.807) is 0 Å². The molecule has 0 aliphatic rings. The van der Waals surface area contributed by atoms with Crippen LogP contribution in [0.3, 0.4) is 0 Å². The van der Waals surface area contributed by atoms with Crippen LogP contribution in [0.15, 0.2) is 42.5 Å². The second-order valence-corrected chi connectivity index (χ2v) is 4.76. The Labute approximate surface area is 123 Å². The van der Waals surface area contributed by atoms with E-state index in [2.05, 4.69) is 6.07 Å².